The van der Waals surface area contributed by atoms with Gasteiger partial charge in [-0.25, -0.2) is 4.79 Å². The van der Waals surface area contributed by atoms with Crippen LogP contribution in [0.4, 0.5) is 4.79 Å². The number of aliphatic carboxylic acids is 1. The number of nitrogens with zero attached hydrogens (tertiary/aromatic N) is 3. The van der Waals surface area contributed by atoms with Crippen LogP contribution in [0, 0.1) is 0 Å². The molecule has 0 bridgehead atoms. The van der Waals surface area contributed by atoms with E-state index in [1.54, 1.807) is 42.6 Å². The minimum Gasteiger partial charge on any atom is -0.481 e. The Hall–Kier alpha value is -8.21. The Kier molecular flexibility index (Phi) is 24.1. The molecule has 27 nitrogen and oxygen atoms in total. The second kappa shape index (κ2) is 31.3. The zero-order valence-corrected chi connectivity index (χ0v) is 47.9. The summed E-state index contributed by atoms with van der Waals surface area (Å²) in [6, 6.07) is 2.08. The number of carboxylic acid groups (broad SMARTS) is 1. The Balaban J connectivity index is 1.40. The highest BCUT2D eigenvalue weighted by molar-refractivity contribution is 8.76. The Morgan fingerprint density at radius 3 is 2.01 bits per heavy atom. The smallest absolute Gasteiger partial charge is 0.325 e. The number of ketones is 1. The molecule has 3 aromatic rings. The standard InChI is InChI=1S/C54H73N15O12S2/c1-4-5-15-38-52(80)69(54(81)68-38)29(2)45(73)67-43-27-83-82-26-42(30(3)70)66-49(77)40(22-32-24-59-35-16-10-9-14-34(32)35)64-46(74)36(17-11-20-58-53(55)56)61-48(76)39(21-31-12-7-6-8-13-31)63-50(78)41(23-33-25-57-28-60-33)65-47(75)37(62-51(43)79)18-19-44(71)72/h6-10,12-14,16,24,28-29,33,36-43,59H,4-5,11,15,17-23,25-27H2,1-3H3,(H,57,60)(H,61,76)(H,62,79)(H,63,78)(H,64,74)(H,65,75)(H,66,77)(H,67,73)(H,68,81)(H,71,72)(H4,55,56,58)/t29-,33?,36-,37-,38-,39+,40-,41-,42-,43-/m0/s1. The number of nitrogens with one attached hydrogen (secondary N) is 10. The number of H-pyrrole nitrogens is 1. The number of Topliss-reactive ketones (excluding diaryl/α,β-unsaturated/α-hetero) is 1. The number of urea groups is 1. The number of rotatable bonds is 20. The fourth-order valence-corrected chi connectivity index (χ4v) is 11.8. The maximum absolute atomic E-state index is 14.8. The topological polar surface area (TPSA) is 412 Å². The van der Waals surface area contributed by atoms with Crippen LogP contribution in [0.2, 0.25) is 0 Å². The van der Waals surface area contributed by atoms with Crippen LogP contribution < -0.4 is 59.3 Å². The molecule has 1 aromatic heterocycles. The zero-order chi connectivity index (χ0) is 60.2. The Bertz CT molecular complexity index is 2900. The molecule has 0 spiro atoms. The summed E-state index contributed by atoms with van der Waals surface area (Å²) < 4.78 is 0. The van der Waals surface area contributed by atoms with Gasteiger partial charge in [-0.3, -0.25) is 62.8 Å². The van der Waals surface area contributed by atoms with E-state index in [0.717, 1.165) is 43.8 Å². The Morgan fingerprint density at radius 2 is 1.34 bits per heavy atom. The highest BCUT2D eigenvalue weighted by atomic mass is 33.1. The van der Waals surface area contributed by atoms with Crippen LogP contribution in [0.1, 0.15) is 83.3 Å². The highest BCUT2D eigenvalue weighted by Crippen LogP contribution is 2.25. The third-order valence-electron chi connectivity index (χ3n) is 14.0. The molecular weight excluding hydrogens is 1110 g/mol. The number of para-hydroxylation sites is 1. The van der Waals surface area contributed by atoms with Gasteiger partial charge >= 0.3 is 12.0 Å². The van der Waals surface area contributed by atoms with Gasteiger partial charge in [0.25, 0.3) is 5.91 Å². The van der Waals surface area contributed by atoms with Crippen molar-refractivity contribution in [3.8, 4) is 0 Å². The fraction of sp³-hybridized carbons (Fsp3) is 0.500. The summed E-state index contributed by atoms with van der Waals surface area (Å²) in [4.78, 5) is 166. The lowest BCUT2D eigenvalue weighted by Crippen LogP contribution is -2.61. The molecule has 448 valence electrons. The van der Waals surface area contributed by atoms with Crippen molar-refractivity contribution in [2.24, 2.45) is 21.5 Å². The number of aromatic amines is 1. The van der Waals surface area contributed by atoms with Crippen molar-refractivity contribution in [3.63, 3.8) is 0 Å². The van der Waals surface area contributed by atoms with Crippen molar-refractivity contribution < 1.29 is 57.8 Å². The number of hydrogen-bond acceptors (Lipinski definition) is 16. The molecule has 4 heterocycles. The first kappa shape index (κ1) is 64.0. The lowest BCUT2D eigenvalue weighted by Gasteiger charge is -2.29. The summed E-state index contributed by atoms with van der Waals surface area (Å²) in [6.45, 7) is 4.67. The molecule has 2 fully saturated rings. The number of aromatic nitrogens is 1. The van der Waals surface area contributed by atoms with Crippen LogP contribution >= 0.6 is 21.6 Å². The maximum Gasteiger partial charge on any atom is 0.325 e. The van der Waals surface area contributed by atoms with Gasteiger partial charge in [0.05, 0.1) is 18.9 Å². The number of amides is 10. The molecule has 6 rings (SSSR count). The first-order valence-electron chi connectivity index (χ1n) is 27.3. The minimum absolute atomic E-state index is 0.0414. The van der Waals surface area contributed by atoms with Crippen LogP contribution in [0.3, 0.4) is 0 Å². The van der Waals surface area contributed by atoms with Gasteiger partial charge in [-0.15, -0.1) is 0 Å². The van der Waals surface area contributed by atoms with Gasteiger partial charge in [0.2, 0.25) is 41.4 Å². The fourth-order valence-electron chi connectivity index (χ4n) is 9.39. The van der Waals surface area contributed by atoms with Crippen molar-refractivity contribution in [1.29, 1.82) is 0 Å². The largest absolute Gasteiger partial charge is 0.481 e. The van der Waals surface area contributed by atoms with Crippen molar-refractivity contribution in [3.05, 3.63) is 71.9 Å². The van der Waals surface area contributed by atoms with E-state index in [4.69, 9.17) is 11.5 Å². The van der Waals surface area contributed by atoms with Gasteiger partial charge in [0.15, 0.2) is 11.7 Å². The van der Waals surface area contributed by atoms with E-state index in [9.17, 15) is 57.8 Å². The van der Waals surface area contributed by atoms with Gasteiger partial charge in [0.1, 0.15) is 48.3 Å². The minimum atomic E-state index is -1.67. The van der Waals surface area contributed by atoms with Crippen molar-refractivity contribution >= 4 is 110 Å². The molecule has 3 aliphatic rings. The molecule has 2 saturated heterocycles. The molecule has 0 radical (unpaired) electrons. The zero-order valence-electron chi connectivity index (χ0n) is 46.3. The highest BCUT2D eigenvalue weighted by Gasteiger charge is 2.44. The van der Waals surface area contributed by atoms with Crippen LogP contribution in [-0.4, -0.2) is 177 Å². The Labute approximate surface area is 486 Å². The summed E-state index contributed by atoms with van der Waals surface area (Å²) in [5.74, 6) is -9.41. The monoisotopic (exact) mass is 1190 g/mol. The molecule has 15 N–H and O–H groups in total. The molecular formula is C54H73N15O12S2. The van der Waals surface area contributed by atoms with Gasteiger partial charge < -0.3 is 69.4 Å². The molecule has 0 aliphatic carbocycles. The number of carbonyl (C=O) groups excluding carboxylic acids is 10. The SMILES string of the molecule is CCCC[C@@H]1NC(=O)N([C@@H](C)C(=O)N[C@H]2CSSC[C@@H](C(C)=O)NC(=O)[C@H](Cc3c[nH]c4ccccc34)NC(=O)[C@H](CCCN=C(N)N)NC(=O)[C@@H](Cc3ccccc3)NC(=O)[C@H](CC3CN=CN3)NC(=O)[C@H](CCC(=O)O)NC2=O)C1=O. The third-order valence-corrected chi connectivity index (χ3v) is 16.5. The summed E-state index contributed by atoms with van der Waals surface area (Å²) in [6.07, 6.45) is 3.29. The number of fused-ring (bicyclic) bond motifs is 1. The van der Waals surface area contributed by atoms with E-state index in [-0.39, 0.29) is 62.7 Å². The number of guanidine groups is 1. The van der Waals surface area contributed by atoms with Crippen LogP contribution in [0.5, 0.6) is 0 Å². The molecule has 83 heavy (non-hydrogen) atoms. The molecule has 29 heteroatoms. The van der Waals surface area contributed by atoms with E-state index >= 15 is 0 Å². The number of benzene rings is 2. The van der Waals surface area contributed by atoms with Crippen LogP contribution in [0.15, 0.2) is 70.8 Å². The first-order chi connectivity index (χ1) is 39.7. The number of unbranched alkanes of at least 4 members (excludes halogenated alkanes) is 1. The van der Waals surface area contributed by atoms with Crippen molar-refractivity contribution in [2.75, 3.05) is 24.6 Å². The molecule has 10 amide bonds. The normalized spacial score (nSPS) is 24.7. The van der Waals surface area contributed by atoms with Gasteiger partial charge in [-0.1, -0.05) is 89.9 Å². The molecule has 0 saturated carbocycles. The lowest BCUT2D eigenvalue weighted by molar-refractivity contribution is -0.139. The van der Waals surface area contributed by atoms with Gasteiger partial charge in [0, 0.05) is 60.5 Å². The second-order valence-corrected chi connectivity index (χ2v) is 22.9. The Morgan fingerprint density at radius 1 is 0.735 bits per heavy atom. The third kappa shape index (κ3) is 18.9. The van der Waals surface area contributed by atoms with E-state index in [0.29, 0.717) is 24.0 Å². The summed E-state index contributed by atoms with van der Waals surface area (Å²) in [5.41, 5.74) is 13.1. The van der Waals surface area contributed by atoms with E-state index in [2.05, 4.69) is 62.8 Å². The summed E-state index contributed by atoms with van der Waals surface area (Å²) in [5, 5.41) is 34.9. The number of aliphatic imine (C=N–C) groups is 2. The number of hydrogen-bond donors (Lipinski definition) is 13. The number of carboxylic acids is 1. The van der Waals surface area contributed by atoms with Crippen molar-refractivity contribution in [2.45, 2.75) is 145 Å². The number of imide groups is 1. The maximum atomic E-state index is 14.8. The van der Waals surface area contributed by atoms with Gasteiger partial charge in [-0.2, -0.15) is 0 Å². The van der Waals surface area contributed by atoms with Crippen molar-refractivity contribution in [1.82, 2.24) is 57.7 Å². The van der Waals surface area contributed by atoms with Crippen LogP contribution in [0.25, 0.3) is 10.9 Å². The molecule has 2 aromatic carbocycles. The predicted molar refractivity (Wildman–Crippen MR) is 311 cm³/mol. The number of carbonyl (C=O) groups is 11. The lowest BCUT2D eigenvalue weighted by atomic mass is 10.0. The van der Waals surface area contributed by atoms with Crippen LogP contribution in [-0.2, 0) is 60.8 Å². The average Bonchev–Trinajstić information content (AvgIpc) is 4.23. The summed E-state index contributed by atoms with van der Waals surface area (Å²) >= 11 is 0. The number of nitrogens with two attached hydrogens (primary N) is 2. The first-order valence-corrected chi connectivity index (χ1v) is 29.8. The van der Waals surface area contributed by atoms with E-state index < -0.39 is 138 Å². The average molecular weight is 1190 g/mol. The quantitative estimate of drug-likeness (QED) is 0.0215. The van der Waals surface area contributed by atoms with E-state index in [1.165, 1.54) is 20.2 Å². The second-order valence-electron chi connectivity index (χ2n) is 20.4. The molecule has 10 atom stereocenters. The summed E-state index contributed by atoms with van der Waals surface area (Å²) in [7, 11) is 1.98. The predicted octanol–water partition coefficient (Wildman–Crippen LogP) is -0.862. The molecule has 3 aliphatic heterocycles. The molecule has 1 unspecified atom stereocenters. The van der Waals surface area contributed by atoms with Gasteiger partial charge in [-0.05, 0) is 63.1 Å². The van der Waals surface area contributed by atoms with E-state index in [1.807, 2.05) is 25.1 Å².